The summed E-state index contributed by atoms with van der Waals surface area (Å²) in [5, 5.41) is 2.99. The molecule has 0 radical (unpaired) electrons. The lowest BCUT2D eigenvalue weighted by Gasteiger charge is -2.17. The van der Waals surface area contributed by atoms with Gasteiger partial charge in [0, 0.05) is 26.3 Å². The summed E-state index contributed by atoms with van der Waals surface area (Å²) in [4.78, 5) is 11.0. The molecule has 0 saturated heterocycles. The second-order valence-corrected chi connectivity index (χ2v) is 4.43. The normalized spacial score (nSPS) is 13.2. The molecule has 0 aromatic carbocycles. The van der Waals surface area contributed by atoms with Gasteiger partial charge in [0.25, 0.3) is 0 Å². The monoisotopic (exact) mass is 252 g/mol. The first-order valence-corrected chi connectivity index (χ1v) is 6.75. The van der Waals surface area contributed by atoms with Crippen molar-refractivity contribution in [3.63, 3.8) is 0 Å². The molecule has 0 fully saturated rings. The van der Waals surface area contributed by atoms with Crippen LogP contribution in [0.4, 0.5) is 0 Å². The third kappa shape index (κ3) is 8.79. The van der Waals surface area contributed by atoms with Gasteiger partial charge in [0.15, 0.2) is 0 Å². The van der Waals surface area contributed by atoms with Gasteiger partial charge in [-0.25, -0.2) is 4.99 Å². The van der Waals surface area contributed by atoms with Crippen molar-refractivity contribution in [1.82, 2.24) is 10.2 Å². The van der Waals surface area contributed by atoms with Crippen LogP contribution in [-0.4, -0.2) is 43.8 Å². The number of rotatable bonds is 8. The van der Waals surface area contributed by atoms with E-state index in [0.29, 0.717) is 6.54 Å². The van der Waals surface area contributed by atoms with Crippen LogP contribution in [0.5, 0.6) is 0 Å². The highest BCUT2D eigenvalue weighted by Gasteiger charge is 1.95. The molecule has 0 unspecified atom stereocenters. The van der Waals surface area contributed by atoms with Gasteiger partial charge in [0.1, 0.15) is 0 Å². The molecule has 0 aromatic heterocycles. The van der Waals surface area contributed by atoms with E-state index in [1.165, 1.54) is 0 Å². The molecular weight excluding hydrogens is 224 g/mol. The van der Waals surface area contributed by atoms with Gasteiger partial charge in [-0.3, -0.25) is 4.99 Å². The van der Waals surface area contributed by atoms with E-state index >= 15 is 0 Å². The summed E-state index contributed by atoms with van der Waals surface area (Å²) in [6.07, 6.45) is 6.16. The Morgan fingerprint density at radius 3 is 2.28 bits per heavy atom. The smallest absolute Gasteiger partial charge is 0.0980 e. The molecule has 0 rings (SSSR count). The van der Waals surface area contributed by atoms with Crippen LogP contribution in [0.2, 0.25) is 0 Å². The first-order valence-electron chi connectivity index (χ1n) is 6.75. The van der Waals surface area contributed by atoms with Crippen molar-refractivity contribution >= 4 is 12.2 Å². The fourth-order valence-electron chi connectivity index (χ4n) is 1.41. The quantitative estimate of drug-likeness (QED) is 0.533. The van der Waals surface area contributed by atoms with Crippen LogP contribution in [0.25, 0.3) is 0 Å². The van der Waals surface area contributed by atoms with Crippen LogP contribution < -0.4 is 5.32 Å². The maximum Gasteiger partial charge on any atom is 0.0980 e. The molecule has 0 aromatic rings. The average molecular weight is 252 g/mol. The molecular formula is C14H28N4. The minimum absolute atomic E-state index is 0.713. The number of hydrogen-bond acceptors (Lipinski definition) is 2. The summed E-state index contributed by atoms with van der Waals surface area (Å²) in [7, 11) is 1.87. The lowest BCUT2D eigenvalue weighted by molar-refractivity contribution is 0.427. The topological polar surface area (TPSA) is 40.0 Å². The van der Waals surface area contributed by atoms with E-state index in [9.17, 15) is 0 Å². The first-order chi connectivity index (χ1) is 8.63. The van der Waals surface area contributed by atoms with Gasteiger partial charge in [-0.15, -0.1) is 0 Å². The summed E-state index contributed by atoms with van der Waals surface area (Å²) >= 11 is 0. The van der Waals surface area contributed by atoms with Crippen LogP contribution in [0, 0.1) is 0 Å². The van der Waals surface area contributed by atoms with Crippen molar-refractivity contribution in [2.24, 2.45) is 9.98 Å². The molecule has 104 valence electrons. The van der Waals surface area contributed by atoms with Crippen molar-refractivity contribution in [2.75, 3.05) is 26.7 Å². The van der Waals surface area contributed by atoms with Gasteiger partial charge in [0.05, 0.1) is 18.7 Å². The second kappa shape index (κ2) is 10.8. The number of nitrogens with zero attached hydrogens (tertiary/aromatic N) is 3. The molecule has 4 heteroatoms. The summed E-state index contributed by atoms with van der Waals surface area (Å²) < 4.78 is 0. The van der Waals surface area contributed by atoms with E-state index in [-0.39, 0.29) is 0 Å². The summed E-state index contributed by atoms with van der Waals surface area (Å²) in [5.41, 5.74) is 1.16. The Morgan fingerprint density at radius 2 is 1.78 bits per heavy atom. The first kappa shape index (κ1) is 16.7. The lowest BCUT2D eigenvalue weighted by atomic mass is 10.3. The van der Waals surface area contributed by atoms with Gasteiger partial charge in [-0.2, -0.15) is 0 Å². The predicted octanol–water partition coefficient (Wildman–Crippen LogP) is 2.68. The molecule has 0 aliphatic rings. The third-order valence-corrected chi connectivity index (χ3v) is 2.45. The van der Waals surface area contributed by atoms with Crippen LogP contribution in [0.1, 0.15) is 40.5 Å². The molecule has 0 spiro atoms. The highest BCUT2D eigenvalue weighted by molar-refractivity contribution is 5.79. The van der Waals surface area contributed by atoms with E-state index in [4.69, 9.17) is 0 Å². The highest BCUT2D eigenvalue weighted by Crippen LogP contribution is 1.95. The van der Waals surface area contributed by atoms with Gasteiger partial charge in [-0.1, -0.05) is 13.8 Å². The highest BCUT2D eigenvalue weighted by atomic mass is 15.1. The standard InChI is InChI=1S/C14H28N4/c1-6-8-18(9-7-2)12-16-10-13(3)11-17-14(4)15-5/h11-12H,6-10H2,1-5H3,(H,15,17)/b13-11+,16-12+. The summed E-state index contributed by atoms with van der Waals surface area (Å²) in [5.74, 6) is 0.914. The van der Waals surface area contributed by atoms with Gasteiger partial charge >= 0.3 is 0 Å². The Bertz CT molecular complexity index is 286. The van der Waals surface area contributed by atoms with Crippen LogP contribution in [-0.2, 0) is 0 Å². The fraction of sp³-hybridized carbons (Fsp3) is 0.714. The molecule has 1 N–H and O–H groups in total. The minimum atomic E-state index is 0.713. The maximum atomic E-state index is 4.46. The molecule has 0 aliphatic heterocycles. The molecule has 18 heavy (non-hydrogen) atoms. The number of hydrogen-bond donors (Lipinski definition) is 1. The van der Waals surface area contributed by atoms with E-state index in [2.05, 4.69) is 34.0 Å². The number of nitrogens with one attached hydrogen (secondary N) is 1. The van der Waals surface area contributed by atoms with E-state index in [0.717, 1.165) is 37.3 Å². The van der Waals surface area contributed by atoms with Gasteiger partial charge < -0.3 is 10.2 Å². The third-order valence-electron chi connectivity index (χ3n) is 2.45. The Hall–Kier alpha value is -1.32. The zero-order valence-electron chi connectivity index (χ0n) is 12.5. The molecule has 0 bridgehead atoms. The lowest BCUT2D eigenvalue weighted by Crippen LogP contribution is -2.23. The summed E-state index contributed by atoms with van der Waals surface area (Å²) in [6, 6.07) is 0. The van der Waals surface area contributed by atoms with Crippen molar-refractivity contribution in [3.8, 4) is 0 Å². The van der Waals surface area contributed by atoms with Gasteiger partial charge in [0.2, 0.25) is 0 Å². The van der Waals surface area contributed by atoms with Crippen molar-refractivity contribution in [3.05, 3.63) is 11.8 Å². The minimum Gasteiger partial charge on any atom is -0.377 e. The largest absolute Gasteiger partial charge is 0.377 e. The van der Waals surface area contributed by atoms with Crippen LogP contribution in [0.3, 0.4) is 0 Å². The average Bonchev–Trinajstić information content (AvgIpc) is 2.36. The van der Waals surface area contributed by atoms with Gasteiger partial charge in [-0.05, 0) is 32.3 Å². The SMILES string of the molecule is CCCN(/C=N/C/C(C)=C/N=C(/C)NC)CCC. The molecule has 0 atom stereocenters. The molecule has 0 heterocycles. The Labute approximate surface area is 112 Å². The summed E-state index contributed by atoms with van der Waals surface area (Å²) in [6.45, 7) is 11.2. The van der Waals surface area contributed by atoms with Crippen molar-refractivity contribution < 1.29 is 0 Å². The maximum absolute atomic E-state index is 4.46. The van der Waals surface area contributed by atoms with Crippen LogP contribution in [0.15, 0.2) is 21.8 Å². The second-order valence-electron chi connectivity index (χ2n) is 4.43. The number of amidine groups is 1. The molecule has 4 nitrogen and oxygen atoms in total. The van der Waals surface area contributed by atoms with E-state index in [1.54, 1.807) is 0 Å². The zero-order valence-corrected chi connectivity index (χ0v) is 12.5. The van der Waals surface area contributed by atoms with Crippen LogP contribution >= 0.6 is 0 Å². The molecule has 0 aliphatic carbocycles. The molecule has 0 amide bonds. The van der Waals surface area contributed by atoms with Crippen molar-refractivity contribution in [1.29, 1.82) is 0 Å². The van der Waals surface area contributed by atoms with Crippen molar-refractivity contribution in [2.45, 2.75) is 40.5 Å². The fourth-order valence-corrected chi connectivity index (χ4v) is 1.41. The Kier molecular flexibility index (Phi) is 10.0. The van der Waals surface area contributed by atoms with E-state index < -0.39 is 0 Å². The predicted molar refractivity (Wildman–Crippen MR) is 81.4 cm³/mol. The number of aliphatic imine (C=N–C) groups is 2. The Morgan fingerprint density at radius 1 is 1.17 bits per heavy atom. The Balaban J connectivity index is 4.19. The zero-order chi connectivity index (χ0) is 13.8. The molecule has 0 saturated carbocycles. The van der Waals surface area contributed by atoms with E-state index in [1.807, 2.05) is 33.4 Å².